The van der Waals surface area contributed by atoms with Crippen molar-refractivity contribution >= 4 is 28.7 Å². The molecule has 19 heavy (non-hydrogen) atoms. The van der Waals surface area contributed by atoms with Crippen molar-refractivity contribution in [3.63, 3.8) is 0 Å². The molecule has 1 saturated heterocycles. The molecule has 1 unspecified atom stereocenters. The molecular weight excluding hydrogens is 262 g/mol. The largest absolute Gasteiger partial charge is 0.480 e. The molecule has 2 aromatic rings. The van der Waals surface area contributed by atoms with Crippen molar-refractivity contribution in [2.24, 2.45) is 0 Å². The highest BCUT2D eigenvalue weighted by Crippen LogP contribution is 2.29. The van der Waals surface area contributed by atoms with Gasteiger partial charge in [0, 0.05) is 30.0 Å². The normalized spacial score (nSPS) is 18.5. The predicted octanol–water partition coefficient (Wildman–Crippen LogP) is 2.61. The van der Waals surface area contributed by atoms with Crippen LogP contribution < -0.4 is 0 Å². The van der Waals surface area contributed by atoms with Crippen molar-refractivity contribution in [2.75, 3.05) is 24.6 Å². The second kappa shape index (κ2) is 5.27. The lowest BCUT2D eigenvalue weighted by Gasteiger charge is -2.30. The summed E-state index contributed by atoms with van der Waals surface area (Å²) in [7, 11) is 0. The molecule has 1 N–H and O–H groups in total. The summed E-state index contributed by atoms with van der Waals surface area (Å²) in [5.41, 5.74) is 0.745. The molecule has 4 nitrogen and oxygen atoms in total. The van der Waals surface area contributed by atoms with Gasteiger partial charge in [-0.3, -0.25) is 9.69 Å². The summed E-state index contributed by atoms with van der Waals surface area (Å²) >= 11 is 1.86. The van der Waals surface area contributed by atoms with Crippen LogP contribution >= 0.6 is 11.8 Å². The molecule has 1 atom stereocenters. The molecule has 5 heteroatoms. The average molecular weight is 277 g/mol. The molecular formula is C14H15NO3S. The highest BCUT2D eigenvalue weighted by Gasteiger charge is 2.31. The lowest BCUT2D eigenvalue weighted by atomic mass is 10.1. The molecule has 1 aliphatic heterocycles. The van der Waals surface area contributed by atoms with Gasteiger partial charge in [0.15, 0.2) is 6.04 Å². The minimum absolute atomic E-state index is 0.528. The molecule has 3 rings (SSSR count). The minimum Gasteiger partial charge on any atom is -0.480 e. The first-order valence-corrected chi connectivity index (χ1v) is 7.44. The Balaban J connectivity index is 1.96. The number of aliphatic carboxylic acids is 1. The van der Waals surface area contributed by atoms with Crippen molar-refractivity contribution in [1.29, 1.82) is 0 Å². The number of para-hydroxylation sites is 1. The molecule has 1 aliphatic rings. The maximum absolute atomic E-state index is 11.6. The molecule has 0 amide bonds. The smallest absolute Gasteiger partial charge is 0.328 e. The van der Waals surface area contributed by atoms with Gasteiger partial charge in [-0.1, -0.05) is 18.2 Å². The molecule has 0 bridgehead atoms. The van der Waals surface area contributed by atoms with E-state index in [0.29, 0.717) is 5.76 Å². The number of hydrogen-bond donors (Lipinski definition) is 1. The van der Waals surface area contributed by atoms with Gasteiger partial charge in [0.05, 0.1) is 0 Å². The molecule has 2 heterocycles. The van der Waals surface area contributed by atoms with Crippen LogP contribution in [0, 0.1) is 0 Å². The first kappa shape index (κ1) is 12.6. The van der Waals surface area contributed by atoms with E-state index >= 15 is 0 Å². The van der Waals surface area contributed by atoms with E-state index in [0.717, 1.165) is 35.6 Å². The summed E-state index contributed by atoms with van der Waals surface area (Å²) in [6.45, 7) is 1.58. The fourth-order valence-electron chi connectivity index (χ4n) is 2.43. The van der Waals surface area contributed by atoms with Crippen LogP contribution in [-0.4, -0.2) is 40.6 Å². The maximum atomic E-state index is 11.6. The topological polar surface area (TPSA) is 53.7 Å². The number of hydrogen-bond acceptors (Lipinski definition) is 4. The average Bonchev–Trinajstić information content (AvgIpc) is 2.82. The molecule has 100 valence electrons. The SMILES string of the molecule is O=C(O)C(c1cc2ccccc2o1)N1CCSCC1. The van der Waals surface area contributed by atoms with Crippen molar-refractivity contribution < 1.29 is 14.3 Å². The summed E-state index contributed by atoms with van der Waals surface area (Å²) in [6.07, 6.45) is 0. The van der Waals surface area contributed by atoms with Crippen LogP contribution in [0.25, 0.3) is 11.0 Å². The Kier molecular flexibility index (Phi) is 3.48. The monoisotopic (exact) mass is 277 g/mol. The lowest BCUT2D eigenvalue weighted by molar-refractivity contribution is -0.144. The van der Waals surface area contributed by atoms with Gasteiger partial charge >= 0.3 is 5.97 Å². The zero-order chi connectivity index (χ0) is 13.2. The van der Waals surface area contributed by atoms with Gasteiger partial charge in [-0.25, -0.2) is 0 Å². The Morgan fingerprint density at radius 3 is 2.74 bits per heavy atom. The third kappa shape index (κ3) is 2.48. The molecule has 0 radical (unpaired) electrons. The molecule has 0 saturated carbocycles. The van der Waals surface area contributed by atoms with Gasteiger partial charge in [-0.15, -0.1) is 0 Å². The molecule has 1 aromatic heterocycles. The van der Waals surface area contributed by atoms with Crippen molar-refractivity contribution in [1.82, 2.24) is 4.90 Å². The molecule has 1 aromatic carbocycles. The highest BCUT2D eigenvalue weighted by molar-refractivity contribution is 7.99. The van der Waals surface area contributed by atoms with Gasteiger partial charge < -0.3 is 9.52 Å². The number of carboxylic acids is 1. The van der Waals surface area contributed by atoms with Crippen LogP contribution in [0.3, 0.4) is 0 Å². The fraction of sp³-hybridized carbons (Fsp3) is 0.357. The second-order valence-electron chi connectivity index (χ2n) is 4.58. The number of carboxylic acid groups (broad SMARTS) is 1. The van der Waals surface area contributed by atoms with Gasteiger partial charge in [-0.05, 0) is 12.1 Å². The maximum Gasteiger partial charge on any atom is 0.328 e. The van der Waals surface area contributed by atoms with Crippen molar-refractivity contribution in [2.45, 2.75) is 6.04 Å². The van der Waals surface area contributed by atoms with Crippen LogP contribution in [0.1, 0.15) is 11.8 Å². The van der Waals surface area contributed by atoms with Gasteiger partial charge in [0.25, 0.3) is 0 Å². The van der Waals surface area contributed by atoms with Crippen LogP contribution in [0.15, 0.2) is 34.7 Å². The van der Waals surface area contributed by atoms with E-state index in [1.165, 1.54) is 0 Å². The van der Waals surface area contributed by atoms with Gasteiger partial charge in [0.2, 0.25) is 0 Å². The third-order valence-electron chi connectivity index (χ3n) is 3.36. The van der Waals surface area contributed by atoms with E-state index in [4.69, 9.17) is 4.42 Å². The standard InChI is InChI=1S/C14H15NO3S/c16-14(17)13(15-5-7-19-8-6-15)12-9-10-3-1-2-4-11(10)18-12/h1-4,9,13H,5-8H2,(H,16,17). The van der Waals surface area contributed by atoms with E-state index in [1.54, 1.807) is 0 Å². The Morgan fingerprint density at radius 2 is 2.05 bits per heavy atom. The number of furan rings is 1. The third-order valence-corrected chi connectivity index (χ3v) is 4.30. The number of rotatable bonds is 3. The van der Waals surface area contributed by atoms with Crippen LogP contribution in [0.4, 0.5) is 0 Å². The minimum atomic E-state index is -0.842. The van der Waals surface area contributed by atoms with Crippen molar-refractivity contribution in [3.05, 3.63) is 36.1 Å². The van der Waals surface area contributed by atoms with Crippen LogP contribution in [0.5, 0.6) is 0 Å². The van der Waals surface area contributed by atoms with Crippen LogP contribution in [0.2, 0.25) is 0 Å². The predicted molar refractivity (Wildman–Crippen MR) is 75.5 cm³/mol. The van der Waals surface area contributed by atoms with E-state index in [1.807, 2.05) is 47.0 Å². The fourth-order valence-corrected chi connectivity index (χ4v) is 3.36. The van der Waals surface area contributed by atoms with E-state index in [9.17, 15) is 9.90 Å². The summed E-state index contributed by atoms with van der Waals surface area (Å²) in [5.74, 6) is 1.64. The quantitative estimate of drug-likeness (QED) is 0.934. The first-order chi connectivity index (χ1) is 9.25. The number of benzene rings is 1. The van der Waals surface area contributed by atoms with E-state index < -0.39 is 12.0 Å². The first-order valence-electron chi connectivity index (χ1n) is 6.29. The Morgan fingerprint density at radius 1 is 1.32 bits per heavy atom. The summed E-state index contributed by atoms with van der Waals surface area (Å²) < 4.78 is 5.72. The van der Waals surface area contributed by atoms with Crippen LogP contribution in [-0.2, 0) is 4.79 Å². The van der Waals surface area contributed by atoms with E-state index in [2.05, 4.69) is 0 Å². The Labute approximate surface area is 115 Å². The highest BCUT2D eigenvalue weighted by atomic mass is 32.2. The zero-order valence-electron chi connectivity index (χ0n) is 10.4. The second-order valence-corrected chi connectivity index (χ2v) is 5.80. The lowest BCUT2D eigenvalue weighted by Crippen LogP contribution is -2.39. The van der Waals surface area contributed by atoms with Crippen molar-refractivity contribution in [3.8, 4) is 0 Å². The number of thioether (sulfide) groups is 1. The van der Waals surface area contributed by atoms with E-state index in [-0.39, 0.29) is 0 Å². The number of nitrogens with zero attached hydrogens (tertiary/aromatic N) is 1. The zero-order valence-corrected chi connectivity index (χ0v) is 11.2. The Hall–Kier alpha value is -1.46. The molecule has 1 fully saturated rings. The summed E-state index contributed by atoms with van der Waals surface area (Å²) in [4.78, 5) is 13.6. The summed E-state index contributed by atoms with van der Waals surface area (Å²) in [5, 5.41) is 10.4. The molecule has 0 aliphatic carbocycles. The molecule has 0 spiro atoms. The van der Waals surface area contributed by atoms with Gasteiger partial charge in [0.1, 0.15) is 11.3 Å². The summed E-state index contributed by atoms with van der Waals surface area (Å²) in [6, 6.07) is 8.79. The van der Waals surface area contributed by atoms with Gasteiger partial charge in [-0.2, -0.15) is 11.8 Å². The number of carbonyl (C=O) groups is 1. The number of fused-ring (bicyclic) bond motifs is 1. The Bertz CT molecular complexity index is 556.